The lowest BCUT2D eigenvalue weighted by molar-refractivity contribution is 0.505. The molecule has 0 saturated carbocycles. The second kappa shape index (κ2) is 6.58. The van der Waals surface area contributed by atoms with Gasteiger partial charge in [-0.15, -0.1) is 0 Å². The summed E-state index contributed by atoms with van der Waals surface area (Å²) in [5, 5.41) is 3.27. The summed E-state index contributed by atoms with van der Waals surface area (Å²) in [5.74, 6) is 0.643. The van der Waals surface area contributed by atoms with Crippen molar-refractivity contribution in [2.75, 3.05) is 19.0 Å². The van der Waals surface area contributed by atoms with Gasteiger partial charge in [-0.1, -0.05) is 35.8 Å². The molecule has 1 aromatic carbocycles. The quantitative estimate of drug-likeness (QED) is 0.876. The van der Waals surface area contributed by atoms with Gasteiger partial charge in [0.1, 0.15) is 0 Å². The number of hydrogen-bond donors (Lipinski definition) is 1. The first-order valence-corrected chi connectivity index (χ1v) is 7.37. The fourth-order valence-corrected chi connectivity index (χ4v) is 2.63. The first-order valence-electron chi connectivity index (χ1n) is 6.58. The molecule has 0 radical (unpaired) electrons. The Hall–Kier alpha value is -0.540. The molecule has 3 heteroatoms. The standard InChI is InChI=1S/C15H25BrN2/c1-10(2)12(4)18(6)13-7-8-14(11(3)17-5)15(16)9-13/h7-12,17H,1-6H3. The van der Waals surface area contributed by atoms with E-state index in [4.69, 9.17) is 0 Å². The number of nitrogens with one attached hydrogen (secondary N) is 1. The summed E-state index contributed by atoms with van der Waals surface area (Å²) in [7, 11) is 4.14. The van der Waals surface area contributed by atoms with Crippen molar-refractivity contribution in [3.8, 4) is 0 Å². The molecule has 2 atom stereocenters. The lowest BCUT2D eigenvalue weighted by atomic mass is 10.0. The Bertz CT molecular complexity index is 390. The molecule has 0 saturated heterocycles. The van der Waals surface area contributed by atoms with Crippen LogP contribution < -0.4 is 10.2 Å². The minimum Gasteiger partial charge on any atom is -0.372 e. The van der Waals surface area contributed by atoms with Crippen LogP contribution in [0.2, 0.25) is 0 Å². The predicted molar refractivity (Wildman–Crippen MR) is 84.3 cm³/mol. The zero-order chi connectivity index (χ0) is 13.9. The molecule has 0 heterocycles. The molecule has 1 N–H and O–H groups in total. The molecule has 102 valence electrons. The Morgan fingerprint density at radius 3 is 2.22 bits per heavy atom. The fourth-order valence-electron chi connectivity index (χ4n) is 1.92. The van der Waals surface area contributed by atoms with E-state index >= 15 is 0 Å². The van der Waals surface area contributed by atoms with Crippen LogP contribution in [0.1, 0.15) is 39.3 Å². The average Bonchev–Trinajstić information content (AvgIpc) is 2.35. The predicted octanol–water partition coefficient (Wildman–Crippen LogP) is 4.21. The van der Waals surface area contributed by atoms with Gasteiger partial charge < -0.3 is 10.2 Å². The number of halogens is 1. The van der Waals surface area contributed by atoms with Gasteiger partial charge in [-0.3, -0.25) is 0 Å². The number of hydrogen-bond acceptors (Lipinski definition) is 2. The SMILES string of the molecule is CNC(C)c1ccc(N(C)C(C)C(C)C)cc1Br. The highest BCUT2D eigenvalue weighted by Gasteiger charge is 2.15. The van der Waals surface area contributed by atoms with E-state index < -0.39 is 0 Å². The number of anilines is 1. The topological polar surface area (TPSA) is 15.3 Å². The summed E-state index contributed by atoms with van der Waals surface area (Å²) in [6, 6.07) is 7.50. The first kappa shape index (κ1) is 15.5. The third-order valence-corrected chi connectivity index (χ3v) is 4.55. The highest BCUT2D eigenvalue weighted by atomic mass is 79.9. The van der Waals surface area contributed by atoms with Gasteiger partial charge in [0.2, 0.25) is 0 Å². The smallest absolute Gasteiger partial charge is 0.0377 e. The zero-order valence-corrected chi connectivity index (χ0v) is 13.9. The van der Waals surface area contributed by atoms with Crippen LogP contribution in [0.3, 0.4) is 0 Å². The van der Waals surface area contributed by atoms with Crippen LogP contribution >= 0.6 is 15.9 Å². The lowest BCUT2D eigenvalue weighted by Crippen LogP contribution is -2.33. The minimum atomic E-state index is 0.362. The molecule has 0 aliphatic carbocycles. The molecule has 1 aromatic rings. The molecule has 0 fully saturated rings. The van der Waals surface area contributed by atoms with Crippen molar-refractivity contribution in [2.45, 2.75) is 39.8 Å². The van der Waals surface area contributed by atoms with Crippen LogP contribution in [0.4, 0.5) is 5.69 Å². The van der Waals surface area contributed by atoms with E-state index in [0.29, 0.717) is 18.0 Å². The average molecular weight is 313 g/mol. The summed E-state index contributed by atoms with van der Waals surface area (Å²) in [6.45, 7) is 8.95. The monoisotopic (exact) mass is 312 g/mol. The van der Waals surface area contributed by atoms with Gasteiger partial charge in [0, 0.05) is 29.3 Å². The highest BCUT2D eigenvalue weighted by Crippen LogP contribution is 2.29. The molecule has 1 rings (SSSR count). The molecule has 2 nitrogen and oxygen atoms in total. The van der Waals surface area contributed by atoms with Crippen molar-refractivity contribution in [3.05, 3.63) is 28.2 Å². The molecule has 0 aliphatic rings. The van der Waals surface area contributed by atoms with Gasteiger partial charge in [-0.05, 0) is 44.5 Å². The van der Waals surface area contributed by atoms with Gasteiger partial charge in [-0.2, -0.15) is 0 Å². The summed E-state index contributed by atoms with van der Waals surface area (Å²) >= 11 is 3.68. The second-order valence-electron chi connectivity index (χ2n) is 5.31. The van der Waals surface area contributed by atoms with Gasteiger partial charge in [-0.25, -0.2) is 0 Å². The van der Waals surface area contributed by atoms with E-state index in [0.717, 1.165) is 0 Å². The maximum Gasteiger partial charge on any atom is 0.0377 e. The van der Waals surface area contributed by atoms with Crippen molar-refractivity contribution >= 4 is 21.6 Å². The minimum absolute atomic E-state index is 0.362. The molecule has 2 unspecified atom stereocenters. The summed E-state index contributed by atoms with van der Waals surface area (Å²) in [4.78, 5) is 2.34. The Morgan fingerprint density at radius 1 is 1.17 bits per heavy atom. The van der Waals surface area contributed by atoms with Crippen LogP contribution in [-0.2, 0) is 0 Å². The molecule has 18 heavy (non-hydrogen) atoms. The summed E-state index contributed by atoms with van der Waals surface area (Å²) in [6.07, 6.45) is 0. The molecule has 0 aromatic heterocycles. The number of rotatable bonds is 5. The van der Waals surface area contributed by atoms with Crippen LogP contribution in [0.15, 0.2) is 22.7 Å². The van der Waals surface area contributed by atoms with Crippen molar-refractivity contribution in [1.29, 1.82) is 0 Å². The Kier molecular flexibility index (Phi) is 5.67. The van der Waals surface area contributed by atoms with Crippen LogP contribution in [0.5, 0.6) is 0 Å². The fraction of sp³-hybridized carbons (Fsp3) is 0.600. The van der Waals surface area contributed by atoms with Crippen LogP contribution in [-0.4, -0.2) is 20.1 Å². The Morgan fingerprint density at radius 2 is 1.78 bits per heavy atom. The normalized spacial score (nSPS) is 14.7. The number of nitrogens with zero attached hydrogens (tertiary/aromatic N) is 1. The van der Waals surface area contributed by atoms with Gasteiger partial charge in [0.15, 0.2) is 0 Å². The van der Waals surface area contributed by atoms with Crippen LogP contribution in [0, 0.1) is 5.92 Å². The molecule has 0 spiro atoms. The molecular formula is C15H25BrN2. The van der Waals surface area contributed by atoms with E-state index in [-0.39, 0.29) is 0 Å². The van der Waals surface area contributed by atoms with E-state index in [1.54, 1.807) is 0 Å². The van der Waals surface area contributed by atoms with E-state index in [1.165, 1.54) is 15.7 Å². The van der Waals surface area contributed by atoms with E-state index in [1.807, 2.05) is 7.05 Å². The largest absolute Gasteiger partial charge is 0.372 e. The van der Waals surface area contributed by atoms with Crippen LogP contribution in [0.25, 0.3) is 0 Å². The van der Waals surface area contributed by atoms with E-state index in [2.05, 4.69) is 79.1 Å². The Labute approximate surface area is 120 Å². The Balaban J connectivity index is 2.97. The summed E-state index contributed by atoms with van der Waals surface area (Å²) < 4.78 is 1.17. The molecular weight excluding hydrogens is 288 g/mol. The second-order valence-corrected chi connectivity index (χ2v) is 6.17. The highest BCUT2D eigenvalue weighted by molar-refractivity contribution is 9.10. The maximum absolute atomic E-state index is 3.68. The third-order valence-electron chi connectivity index (χ3n) is 3.87. The first-order chi connectivity index (χ1) is 8.38. The number of benzene rings is 1. The van der Waals surface area contributed by atoms with E-state index in [9.17, 15) is 0 Å². The van der Waals surface area contributed by atoms with Crippen molar-refractivity contribution < 1.29 is 0 Å². The molecule has 0 amide bonds. The maximum atomic E-state index is 3.68. The molecule has 0 aliphatic heterocycles. The van der Waals surface area contributed by atoms with Gasteiger partial charge >= 0.3 is 0 Å². The lowest BCUT2D eigenvalue weighted by Gasteiger charge is -2.30. The van der Waals surface area contributed by atoms with Gasteiger partial charge in [0.25, 0.3) is 0 Å². The van der Waals surface area contributed by atoms with Crippen molar-refractivity contribution in [2.24, 2.45) is 5.92 Å². The van der Waals surface area contributed by atoms with Crippen molar-refractivity contribution in [1.82, 2.24) is 5.32 Å². The summed E-state index contributed by atoms with van der Waals surface area (Å²) in [5.41, 5.74) is 2.56. The molecule has 0 bridgehead atoms. The van der Waals surface area contributed by atoms with Gasteiger partial charge in [0.05, 0.1) is 0 Å². The third kappa shape index (κ3) is 3.48. The zero-order valence-electron chi connectivity index (χ0n) is 12.3. The van der Waals surface area contributed by atoms with Crippen molar-refractivity contribution in [3.63, 3.8) is 0 Å².